The summed E-state index contributed by atoms with van der Waals surface area (Å²) in [4.78, 5) is 1.23. The average molecular weight is 366 g/mol. The second-order valence-electron chi connectivity index (χ2n) is 5.07. The zero-order valence-corrected chi connectivity index (χ0v) is 14.9. The van der Waals surface area contributed by atoms with Crippen molar-refractivity contribution in [2.75, 3.05) is 6.26 Å². The van der Waals surface area contributed by atoms with Gasteiger partial charge in [0, 0.05) is 22.0 Å². The smallest absolute Gasteiger partial charge is 0.128 e. The average Bonchev–Trinajstić information content (AvgIpc) is 2.47. The Morgan fingerprint density at radius 1 is 1.10 bits per heavy atom. The van der Waals surface area contributed by atoms with Gasteiger partial charge in [0.1, 0.15) is 11.5 Å². The minimum Gasteiger partial charge on any atom is -0.457 e. The number of hydrogen-bond donors (Lipinski definition) is 1. The van der Waals surface area contributed by atoms with Gasteiger partial charge in [0.15, 0.2) is 0 Å². The van der Waals surface area contributed by atoms with Gasteiger partial charge < -0.3 is 10.1 Å². The summed E-state index contributed by atoms with van der Waals surface area (Å²) in [6.07, 6.45) is 2.07. The minimum absolute atomic E-state index is 0.475. The van der Waals surface area contributed by atoms with E-state index in [0.29, 0.717) is 6.04 Å². The predicted molar refractivity (Wildman–Crippen MR) is 94.4 cm³/mol. The number of halogens is 1. The van der Waals surface area contributed by atoms with E-state index in [1.165, 1.54) is 10.5 Å². The fourth-order valence-electron chi connectivity index (χ4n) is 1.83. The van der Waals surface area contributed by atoms with Crippen LogP contribution in [0.15, 0.2) is 51.8 Å². The van der Waals surface area contributed by atoms with Crippen molar-refractivity contribution in [3.05, 3.63) is 52.5 Å². The molecule has 0 unspecified atom stereocenters. The number of ether oxygens (including phenoxy) is 1. The zero-order chi connectivity index (χ0) is 15.2. The molecule has 2 rings (SSSR count). The topological polar surface area (TPSA) is 21.3 Å². The molecule has 0 saturated carbocycles. The molecule has 0 aliphatic rings. The van der Waals surface area contributed by atoms with E-state index in [9.17, 15) is 0 Å². The quantitative estimate of drug-likeness (QED) is 0.686. The van der Waals surface area contributed by atoms with Crippen LogP contribution < -0.4 is 10.1 Å². The summed E-state index contributed by atoms with van der Waals surface area (Å²) in [6, 6.07) is 14.7. The van der Waals surface area contributed by atoms with E-state index in [4.69, 9.17) is 4.74 Å². The molecule has 0 heterocycles. The van der Waals surface area contributed by atoms with E-state index in [1.54, 1.807) is 11.8 Å². The number of benzene rings is 2. The van der Waals surface area contributed by atoms with Gasteiger partial charge in [0.05, 0.1) is 0 Å². The lowest BCUT2D eigenvalue weighted by atomic mass is 10.2. The summed E-state index contributed by atoms with van der Waals surface area (Å²) in [5.41, 5.74) is 1.23. The van der Waals surface area contributed by atoms with Crippen LogP contribution >= 0.6 is 27.7 Å². The van der Waals surface area contributed by atoms with Crippen LogP contribution in [0.2, 0.25) is 0 Å². The molecule has 2 aromatic rings. The summed E-state index contributed by atoms with van der Waals surface area (Å²) in [6.45, 7) is 5.13. The standard InChI is InChI=1S/C17H20BrNOS/c1-12(2)19-11-13-4-5-15(10-17(13)18)20-14-6-8-16(21-3)9-7-14/h4-10,12,19H,11H2,1-3H3. The van der Waals surface area contributed by atoms with E-state index in [-0.39, 0.29) is 0 Å². The van der Waals surface area contributed by atoms with Crippen LogP contribution in [-0.4, -0.2) is 12.3 Å². The summed E-state index contributed by atoms with van der Waals surface area (Å²) in [7, 11) is 0. The van der Waals surface area contributed by atoms with Crippen molar-refractivity contribution in [3.8, 4) is 11.5 Å². The Balaban J connectivity index is 2.05. The van der Waals surface area contributed by atoms with E-state index in [1.807, 2.05) is 24.3 Å². The van der Waals surface area contributed by atoms with Crippen LogP contribution in [0.4, 0.5) is 0 Å². The van der Waals surface area contributed by atoms with Crippen molar-refractivity contribution < 1.29 is 4.74 Å². The second kappa shape index (κ2) is 7.87. The van der Waals surface area contributed by atoms with Crippen molar-refractivity contribution in [2.24, 2.45) is 0 Å². The summed E-state index contributed by atoms with van der Waals surface area (Å²) in [5, 5.41) is 3.41. The van der Waals surface area contributed by atoms with Crippen LogP contribution in [0.25, 0.3) is 0 Å². The molecule has 4 heteroatoms. The highest BCUT2D eigenvalue weighted by Gasteiger charge is 2.04. The Morgan fingerprint density at radius 2 is 1.76 bits per heavy atom. The monoisotopic (exact) mass is 365 g/mol. The Morgan fingerprint density at radius 3 is 2.33 bits per heavy atom. The second-order valence-corrected chi connectivity index (χ2v) is 6.80. The summed E-state index contributed by atoms with van der Waals surface area (Å²) >= 11 is 5.34. The van der Waals surface area contributed by atoms with Crippen LogP contribution in [0.1, 0.15) is 19.4 Å². The Kier molecular flexibility index (Phi) is 6.15. The molecule has 0 aliphatic heterocycles. The molecule has 0 saturated heterocycles. The predicted octanol–water partition coefficient (Wildman–Crippen LogP) is 5.46. The highest BCUT2D eigenvalue weighted by molar-refractivity contribution is 9.10. The Hall–Kier alpha value is -0.970. The minimum atomic E-state index is 0.475. The molecule has 0 fully saturated rings. The maximum Gasteiger partial charge on any atom is 0.128 e. The SMILES string of the molecule is CSc1ccc(Oc2ccc(CNC(C)C)c(Br)c2)cc1. The van der Waals surface area contributed by atoms with Crippen LogP contribution in [-0.2, 0) is 6.54 Å². The molecular formula is C17H20BrNOS. The highest BCUT2D eigenvalue weighted by atomic mass is 79.9. The van der Waals surface area contributed by atoms with E-state index < -0.39 is 0 Å². The molecule has 2 aromatic carbocycles. The lowest BCUT2D eigenvalue weighted by Crippen LogP contribution is -2.21. The van der Waals surface area contributed by atoms with E-state index in [0.717, 1.165) is 22.5 Å². The molecule has 0 spiro atoms. The van der Waals surface area contributed by atoms with Crippen molar-refractivity contribution in [2.45, 2.75) is 31.3 Å². The molecule has 0 atom stereocenters. The summed E-state index contributed by atoms with van der Waals surface area (Å²) < 4.78 is 6.94. The molecule has 0 aromatic heterocycles. The molecule has 2 nitrogen and oxygen atoms in total. The Bertz CT molecular complexity index is 584. The normalized spacial score (nSPS) is 10.9. The van der Waals surface area contributed by atoms with E-state index >= 15 is 0 Å². The molecule has 1 N–H and O–H groups in total. The Labute approximate surface area is 139 Å². The van der Waals surface area contributed by atoms with Crippen LogP contribution in [0, 0.1) is 0 Å². The van der Waals surface area contributed by atoms with Gasteiger partial charge >= 0.3 is 0 Å². The zero-order valence-electron chi connectivity index (χ0n) is 12.5. The first kappa shape index (κ1) is 16.4. The third-order valence-electron chi connectivity index (χ3n) is 3.02. The first-order valence-electron chi connectivity index (χ1n) is 6.92. The van der Waals surface area contributed by atoms with Gasteiger partial charge in [-0.2, -0.15) is 0 Å². The highest BCUT2D eigenvalue weighted by Crippen LogP contribution is 2.28. The molecule has 0 radical (unpaired) electrons. The fourth-order valence-corrected chi connectivity index (χ4v) is 2.74. The van der Waals surface area contributed by atoms with Gasteiger partial charge in [-0.05, 0) is 48.2 Å². The van der Waals surface area contributed by atoms with Gasteiger partial charge in [-0.1, -0.05) is 35.8 Å². The van der Waals surface area contributed by atoms with Gasteiger partial charge in [0.2, 0.25) is 0 Å². The van der Waals surface area contributed by atoms with Crippen molar-refractivity contribution in [1.29, 1.82) is 0 Å². The number of nitrogens with one attached hydrogen (secondary N) is 1. The largest absolute Gasteiger partial charge is 0.457 e. The van der Waals surface area contributed by atoms with Crippen molar-refractivity contribution in [3.63, 3.8) is 0 Å². The molecule has 112 valence electrons. The third kappa shape index (κ3) is 5.06. The van der Waals surface area contributed by atoms with Crippen molar-refractivity contribution in [1.82, 2.24) is 5.32 Å². The van der Waals surface area contributed by atoms with Crippen LogP contribution in [0.5, 0.6) is 11.5 Å². The summed E-state index contributed by atoms with van der Waals surface area (Å²) in [5.74, 6) is 1.69. The number of thioether (sulfide) groups is 1. The molecule has 21 heavy (non-hydrogen) atoms. The maximum atomic E-state index is 5.88. The first-order valence-corrected chi connectivity index (χ1v) is 8.94. The van der Waals surface area contributed by atoms with Gasteiger partial charge in [-0.3, -0.25) is 0 Å². The van der Waals surface area contributed by atoms with E-state index in [2.05, 4.69) is 59.5 Å². The maximum absolute atomic E-state index is 5.88. The van der Waals surface area contributed by atoms with Crippen molar-refractivity contribution >= 4 is 27.7 Å². The molecular weight excluding hydrogens is 346 g/mol. The van der Waals surface area contributed by atoms with Crippen LogP contribution in [0.3, 0.4) is 0 Å². The van der Waals surface area contributed by atoms with Gasteiger partial charge in [-0.25, -0.2) is 0 Å². The molecule has 0 aliphatic carbocycles. The molecule has 0 bridgehead atoms. The fraction of sp³-hybridized carbons (Fsp3) is 0.294. The number of rotatable bonds is 6. The van der Waals surface area contributed by atoms with Gasteiger partial charge in [0.25, 0.3) is 0 Å². The third-order valence-corrected chi connectivity index (χ3v) is 4.50. The first-order chi connectivity index (χ1) is 10.1. The lowest BCUT2D eigenvalue weighted by molar-refractivity contribution is 0.481. The lowest BCUT2D eigenvalue weighted by Gasteiger charge is -2.12. The number of hydrogen-bond acceptors (Lipinski definition) is 3. The van der Waals surface area contributed by atoms with Gasteiger partial charge in [-0.15, -0.1) is 11.8 Å². The molecule has 0 amide bonds.